The van der Waals surface area contributed by atoms with Crippen LogP contribution in [0.2, 0.25) is 0 Å². The molecular weight excluding hydrogens is 204 g/mol. The third-order valence-corrected chi connectivity index (χ3v) is 1.62. The number of benzene rings is 1. The van der Waals surface area contributed by atoms with Crippen LogP contribution < -0.4 is 0 Å². The molecule has 84 valence electrons. The Kier molecular flexibility index (Phi) is 9.66. The highest BCUT2D eigenvalue weighted by molar-refractivity contribution is 5.47. The molecule has 0 aliphatic heterocycles. The highest BCUT2D eigenvalue weighted by atomic mass is 16.1. The third kappa shape index (κ3) is 8.57. The maximum Gasteiger partial charge on any atom is 0.240 e. The van der Waals surface area contributed by atoms with Gasteiger partial charge in [0.15, 0.2) is 0 Å². The Morgan fingerprint density at radius 1 is 1.12 bits per heavy atom. The Labute approximate surface area is 94.7 Å². The van der Waals surface area contributed by atoms with Crippen LogP contribution in [0.25, 0.3) is 0 Å². The number of aliphatic imine (C=N–C) groups is 2. The van der Waals surface area contributed by atoms with Crippen LogP contribution in [0.15, 0.2) is 40.3 Å². The Morgan fingerprint density at radius 3 is 2.31 bits per heavy atom. The smallest absolute Gasteiger partial charge is 0.211 e. The summed E-state index contributed by atoms with van der Waals surface area (Å²) < 4.78 is 0. The van der Waals surface area contributed by atoms with Crippen LogP contribution in [0.5, 0.6) is 0 Å². The van der Waals surface area contributed by atoms with Gasteiger partial charge < -0.3 is 0 Å². The summed E-state index contributed by atoms with van der Waals surface area (Å²) in [5.74, 6) is 0. The molecule has 0 aliphatic rings. The number of nitrogens with zero attached hydrogens (tertiary/aromatic N) is 2. The first-order valence-corrected chi connectivity index (χ1v) is 5.01. The van der Waals surface area contributed by atoms with Crippen LogP contribution >= 0.6 is 0 Å². The van der Waals surface area contributed by atoms with Gasteiger partial charge in [0.25, 0.3) is 0 Å². The molecule has 1 rings (SSSR count). The molecule has 0 radical (unpaired) electrons. The minimum absolute atomic E-state index is 0.639. The van der Waals surface area contributed by atoms with Crippen LogP contribution in [-0.2, 0) is 9.59 Å². The second-order valence-corrected chi connectivity index (χ2v) is 2.87. The summed E-state index contributed by atoms with van der Waals surface area (Å²) in [6.07, 6.45) is 5.02. The minimum Gasteiger partial charge on any atom is -0.211 e. The van der Waals surface area contributed by atoms with E-state index >= 15 is 0 Å². The summed E-state index contributed by atoms with van der Waals surface area (Å²) >= 11 is 0. The Morgan fingerprint density at radius 2 is 1.81 bits per heavy atom. The lowest BCUT2D eigenvalue weighted by molar-refractivity contribution is 0.562. The van der Waals surface area contributed by atoms with Crippen molar-refractivity contribution in [3.63, 3.8) is 0 Å². The third-order valence-electron chi connectivity index (χ3n) is 1.62. The molecule has 0 aromatic heterocycles. The van der Waals surface area contributed by atoms with E-state index in [4.69, 9.17) is 0 Å². The molecule has 0 saturated heterocycles. The highest BCUT2D eigenvalue weighted by Gasteiger charge is 1.80. The van der Waals surface area contributed by atoms with Gasteiger partial charge in [-0.05, 0) is 18.6 Å². The first-order valence-electron chi connectivity index (χ1n) is 5.01. The van der Waals surface area contributed by atoms with Gasteiger partial charge in [0.05, 0.1) is 12.2 Å². The maximum atomic E-state index is 9.68. The zero-order valence-electron chi connectivity index (χ0n) is 9.22. The van der Waals surface area contributed by atoms with E-state index in [1.165, 1.54) is 12.2 Å². The van der Waals surface area contributed by atoms with Crippen molar-refractivity contribution in [2.45, 2.75) is 19.8 Å². The van der Waals surface area contributed by atoms with E-state index in [1.807, 2.05) is 18.2 Å². The van der Waals surface area contributed by atoms with Crippen LogP contribution in [-0.4, -0.2) is 18.7 Å². The summed E-state index contributed by atoms with van der Waals surface area (Å²) in [6, 6.07) is 8.98. The standard InChI is InChI=1S/C7H5NO.C5H9NO/c9-6-8-7-4-2-1-3-5-7;1-2-3-4-6-5-7/h1-5H;2-4H2,1H3. The maximum absolute atomic E-state index is 9.68. The van der Waals surface area contributed by atoms with Gasteiger partial charge in [0, 0.05) is 0 Å². The molecule has 4 heteroatoms. The zero-order valence-corrected chi connectivity index (χ0v) is 9.22. The van der Waals surface area contributed by atoms with Crippen molar-refractivity contribution in [3.8, 4) is 0 Å². The topological polar surface area (TPSA) is 58.9 Å². The van der Waals surface area contributed by atoms with Crippen molar-refractivity contribution in [1.82, 2.24) is 0 Å². The molecular formula is C12H14N2O2. The van der Waals surface area contributed by atoms with E-state index in [0.29, 0.717) is 12.2 Å². The molecule has 0 bridgehead atoms. The van der Waals surface area contributed by atoms with E-state index < -0.39 is 0 Å². The second-order valence-electron chi connectivity index (χ2n) is 2.87. The monoisotopic (exact) mass is 218 g/mol. The van der Waals surface area contributed by atoms with Gasteiger partial charge in [0.1, 0.15) is 0 Å². The van der Waals surface area contributed by atoms with Crippen LogP contribution in [0.3, 0.4) is 0 Å². The number of hydrogen-bond donors (Lipinski definition) is 0. The number of carbonyl (C=O) groups excluding carboxylic acids is 2. The summed E-state index contributed by atoms with van der Waals surface area (Å²) in [4.78, 5) is 25.8. The van der Waals surface area contributed by atoms with E-state index in [0.717, 1.165) is 12.8 Å². The average Bonchev–Trinajstić information content (AvgIpc) is 2.32. The van der Waals surface area contributed by atoms with Gasteiger partial charge >= 0.3 is 0 Å². The number of hydrogen-bond acceptors (Lipinski definition) is 4. The molecule has 1 aromatic rings. The summed E-state index contributed by atoms with van der Waals surface area (Å²) in [6.45, 7) is 2.69. The van der Waals surface area contributed by atoms with Gasteiger partial charge in [-0.25, -0.2) is 14.6 Å². The van der Waals surface area contributed by atoms with E-state index in [2.05, 4.69) is 16.9 Å². The van der Waals surface area contributed by atoms with Gasteiger partial charge in [0.2, 0.25) is 12.2 Å². The van der Waals surface area contributed by atoms with Crippen molar-refractivity contribution in [1.29, 1.82) is 0 Å². The van der Waals surface area contributed by atoms with E-state index in [-0.39, 0.29) is 0 Å². The zero-order chi connectivity index (χ0) is 12.1. The van der Waals surface area contributed by atoms with Crippen molar-refractivity contribution in [2.24, 2.45) is 9.98 Å². The number of para-hydroxylation sites is 1. The molecule has 0 fully saturated rings. The fourth-order valence-corrected chi connectivity index (χ4v) is 0.838. The lowest BCUT2D eigenvalue weighted by atomic mass is 10.3. The van der Waals surface area contributed by atoms with E-state index in [9.17, 15) is 9.59 Å². The molecule has 0 atom stereocenters. The predicted octanol–water partition coefficient (Wildman–Crippen LogP) is 2.78. The fraction of sp³-hybridized carbons (Fsp3) is 0.333. The number of unbranched alkanes of at least 4 members (excludes halogenated alkanes) is 1. The largest absolute Gasteiger partial charge is 0.240 e. The molecule has 0 amide bonds. The normalized spacial score (nSPS) is 7.81. The van der Waals surface area contributed by atoms with Crippen molar-refractivity contribution in [2.75, 3.05) is 6.54 Å². The molecule has 0 saturated carbocycles. The molecule has 16 heavy (non-hydrogen) atoms. The van der Waals surface area contributed by atoms with Gasteiger partial charge in [-0.15, -0.1) is 0 Å². The Balaban J connectivity index is 0.000000293. The molecule has 0 spiro atoms. The highest BCUT2D eigenvalue weighted by Crippen LogP contribution is 2.06. The first kappa shape index (κ1) is 14.0. The molecule has 4 nitrogen and oxygen atoms in total. The summed E-state index contributed by atoms with van der Waals surface area (Å²) in [5, 5.41) is 0. The Hall–Kier alpha value is -2.02. The second kappa shape index (κ2) is 11.1. The van der Waals surface area contributed by atoms with Crippen LogP contribution in [0, 0.1) is 0 Å². The fourth-order valence-electron chi connectivity index (χ4n) is 0.838. The quantitative estimate of drug-likeness (QED) is 0.443. The predicted molar refractivity (Wildman–Crippen MR) is 62.1 cm³/mol. The molecule has 0 unspecified atom stereocenters. The van der Waals surface area contributed by atoms with Crippen LogP contribution in [0.4, 0.5) is 5.69 Å². The molecule has 0 aliphatic carbocycles. The van der Waals surface area contributed by atoms with Gasteiger partial charge in [-0.2, -0.15) is 4.99 Å². The molecule has 0 heterocycles. The number of isocyanates is 2. The molecule has 0 N–H and O–H groups in total. The van der Waals surface area contributed by atoms with Crippen molar-refractivity contribution < 1.29 is 9.59 Å². The minimum atomic E-state index is 0.639. The van der Waals surface area contributed by atoms with Crippen molar-refractivity contribution >= 4 is 17.8 Å². The lowest BCUT2D eigenvalue weighted by Crippen LogP contribution is -1.74. The summed E-state index contributed by atoms with van der Waals surface area (Å²) in [5.41, 5.74) is 0.646. The SMILES string of the molecule is CCCCN=C=O.O=C=Nc1ccccc1. The van der Waals surface area contributed by atoms with Gasteiger partial charge in [-0.3, -0.25) is 0 Å². The lowest BCUT2D eigenvalue weighted by Gasteiger charge is -1.83. The summed E-state index contributed by atoms with van der Waals surface area (Å²) in [7, 11) is 0. The Bertz CT molecular complexity index is 364. The van der Waals surface area contributed by atoms with Crippen molar-refractivity contribution in [3.05, 3.63) is 30.3 Å². The van der Waals surface area contributed by atoms with Gasteiger partial charge in [-0.1, -0.05) is 31.5 Å². The van der Waals surface area contributed by atoms with E-state index in [1.54, 1.807) is 12.1 Å². The average molecular weight is 218 g/mol. The molecule has 1 aromatic carbocycles. The first-order chi connectivity index (χ1) is 7.85. The van der Waals surface area contributed by atoms with Crippen LogP contribution in [0.1, 0.15) is 19.8 Å². The number of rotatable bonds is 4.